The number of benzene rings is 1. The summed E-state index contributed by atoms with van der Waals surface area (Å²) < 4.78 is 5.84. The number of rotatable bonds is 6. The molecule has 0 radical (unpaired) electrons. The normalized spacial score (nSPS) is 20.5. The van der Waals surface area contributed by atoms with Gasteiger partial charge in [-0.25, -0.2) is 0 Å². The number of amides is 1. The van der Waals surface area contributed by atoms with Crippen LogP contribution in [0.5, 0.6) is 0 Å². The lowest BCUT2D eigenvalue weighted by Crippen LogP contribution is -2.54. The molecule has 0 spiro atoms. The number of carbonyl (C=O) groups excluding carboxylic acids is 1. The van der Waals surface area contributed by atoms with Gasteiger partial charge in [0, 0.05) is 32.0 Å². The van der Waals surface area contributed by atoms with Gasteiger partial charge < -0.3 is 25.0 Å². The van der Waals surface area contributed by atoms with Crippen LogP contribution in [-0.4, -0.2) is 84.5 Å². The molecule has 3 rings (SSSR count). The first-order valence-electron chi connectivity index (χ1n) is 9.53. The van der Waals surface area contributed by atoms with Crippen molar-refractivity contribution in [3.63, 3.8) is 0 Å². The largest absolute Gasteiger partial charge is 0.390 e. The van der Waals surface area contributed by atoms with E-state index in [9.17, 15) is 15.2 Å². The third-order valence-electron chi connectivity index (χ3n) is 4.71. The van der Waals surface area contributed by atoms with Gasteiger partial charge in [0.15, 0.2) is 6.10 Å². The summed E-state index contributed by atoms with van der Waals surface area (Å²) >= 11 is 0. The van der Waals surface area contributed by atoms with Crippen LogP contribution < -0.4 is 10.2 Å². The predicted molar refractivity (Wildman–Crippen MR) is 108 cm³/mol. The van der Waals surface area contributed by atoms with E-state index in [0.717, 1.165) is 5.69 Å². The summed E-state index contributed by atoms with van der Waals surface area (Å²) in [6.07, 6.45) is 1.65. The van der Waals surface area contributed by atoms with Crippen molar-refractivity contribution in [3.8, 4) is 6.07 Å². The van der Waals surface area contributed by atoms with Crippen LogP contribution in [0.4, 0.5) is 5.69 Å². The lowest BCUT2D eigenvalue weighted by molar-refractivity contribution is -0.137. The van der Waals surface area contributed by atoms with Crippen LogP contribution in [0.25, 0.3) is 11.0 Å². The molecule has 0 aliphatic carbocycles. The molecule has 1 aromatic carbocycles. The minimum absolute atomic E-state index is 0.163. The average Bonchev–Trinajstić information content (AvgIpc) is 2.70. The minimum Gasteiger partial charge on any atom is -0.390 e. The van der Waals surface area contributed by atoms with E-state index < -0.39 is 12.2 Å². The maximum atomic E-state index is 12.6. The zero-order valence-corrected chi connectivity index (χ0v) is 16.9. The molecule has 0 bridgehead atoms. The Morgan fingerprint density at radius 3 is 2.79 bits per heavy atom. The van der Waals surface area contributed by atoms with Crippen molar-refractivity contribution in [2.75, 3.05) is 45.2 Å². The molecule has 9 heteroatoms. The minimum atomic E-state index is -0.673. The number of morpholine rings is 1. The second-order valence-corrected chi connectivity index (χ2v) is 7.50. The molecule has 154 valence electrons. The standard InChI is InChI=1S/C20H26N6O3/c1-13-10-26(12-17(29-13)20(28)24-9-15(27)11-25(2)3)16-5-4-14(8-21)18-19(16)23-7-6-22-18/h4-7,13,15,17,27H,9-12H2,1-3H3,(H,24,28)/t13-,15?,17-/m1/s1. The number of hydrogen-bond acceptors (Lipinski definition) is 8. The highest BCUT2D eigenvalue weighted by Gasteiger charge is 2.31. The fourth-order valence-electron chi connectivity index (χ4n) is 3.50. The fourth-order valence-corrected chi connectivity index (χ4v) is 3.50. The summed E-state index contributed by atoms with van der Waals surface area (Å²) in [7, 11) is 3.72. The number of likely N-dealkylation sites (N-methyl/N-ethyl adjacent to an activating group) is 1. The highest BCUT2D eigenvalue weighted by atomic mass is 16.5. The molecule has 0 saturated carbocycles. The molecular weight excluding hydrogens is 372 g/mol. The van der Waals surface area contributed by atoms with Crippen molar-refractivity contribution in [1.29, 1.82) is 5.26 Å². The number of hydrogen-bond donors (Lipinski definition) is 2. The molecule has 3 atom stereocenters. The zero-order valence-electron chi connectivity index (χ0n) is 16.9. The summed E-state index contributed by atoms with van der Waals surface area (Å²) in [4.78, 5) is 25.2. The molecule has 2 N–H and O–H groups in total. The van der Waals surface area contributed by atoms with Crippen LogP contribution in [0, 0.1) is 11.3 Å². The van der Waals surface area contributed by atoms with E-state index in [1.54, 1.807) is 18.5 Å². The summed E-state index contributed by atoms with van der Waals surface area (Å²) in [6, 6.07) is 5.70. The van der Waals surface area contributed by atoms with Crippen LogP contribution >= 0.6 is 0 Å². The number of aliphatic hydroxyl groups excluding tert-OH is 1. The van der Waals surface area contributed by atoms with Gasteiger partial charge in [-0.2, -0.15) is 5.26 Å². The summed E-state index contributed by atoms with van der Waals surface area (Å²) in [5.74, 6) is -0.261. The van der Waals surface area contributed by atoms with E-state index in [4.69, 9.17) is 4.74 Å². The van der Waals surface area contributed by atoms with Crippen molar-refractivity contribution in [2.24, 2.45) is 0 Å². The Labute approximate surface area is 169 Å². The Bertz CT molecular complexity index is 913. The molecule has 1 unspecified atom stereocenters. The highest BCUT2D eigenvalue weighted by Crippen LogP contribution is 2.28. The van der Waals surface area contributed by atoms with Crippen LogP contribution in [-0.2, 0) is 9.53 Å². The van der Waals surface area contributed by atoms with Crippen molar-refractivity contribution in [3.05, 3.63) is 30.1 Å². The van der Waals surface area contributed by atoms with Crippen molar-refractivity contribution in [2.45, 2.75) is 25.2 Å². The Kier molecular flexibility index (Phi) is 6.59. The second kappa shape index (κ2) is 9.13. The first kappa shape index (κ1) is 20.9. The highest BCUT2D eigenvalue weighted by molar-refractivity contribution is 5.92. The van der Waals surface area contributed by atoms with E-state index in [-0.39, 0.29) is 18.6 Å². The van der Waals surface area contributed by atoms with Gasteiger partial charge in [-0.05, 0) is 33.2 Å². The van der Waals surface area contributed by atoms with Gasteiger partial charge in [-0.15, -0.1) is 0 Å². The van der Waals surface area contributed by atoms with Crippen LogP contribution in [0.3, 0.4) is 0 Å². The SMILES string of the molecule is C[C@@H]1CN(c2ccc(C#N)c3nccnc23)C[C@H](C(=O)NCC(O)CN(C)C)O1. The Balaban J connectivity index is 1.76. The average molecular weight is 398 g/mol. The van der Waals surface area contributed by atoms with Gasteiger partial charge in [0.1, 0.15) is 17.1 Å². The summed E-state index contributed by atoms with van der Waals surface area (Å²) in [5, 5.41) is 22.1. The van der Waals surface area contributed by atoms with Gasteiger partial charge in [0.2, 0.25) is 0 Å². The predicted octanol–water partition coefficient (Wildman–Crippen LogP) is 0.134. The van der Waals surface area contributed by atoms with Gasteiger partial charge >= 0.3 is 0 Å². The van der Waals surface area contributed by atoms with E-state index >= 15 is 0 Å². The smallest absolute Gasteiger partial charge is 0.251 e. The number of anilines is 1. The summed E-state index contributed by atoms with van der Waals surface area (Å²) in [5.41, 5.74) is 2.44. The fraction of sp³-hybridized carbons (Fsp3) is 0.500. The number of nitriles is 1. The van der Waals surface area contributed by atoms with E-state index in [0.29, 0.717) is 36.2 Å². The Morgan fingerprint density at radius 1 is 1.38 bits per heavy atom. The van der Waals surface area contributed by atoms with Gasteiger partial charge in [0.05, 0.1) is 30.0 Å². The quantitative estimate of drug-likeness (QED) is 0.706. The number of nitrogens with one attached hydrogen (secondary N) is 1. The first-order chi connectivity index (χ1) is 13.9. The molecule has 2 heterocycles. The van der Waals surface area contributed by atoms with Crippen molar-refractivity contribution < 1.29 is 14.6 Å². The van der Waals surface area contributed by atoms with E-state index in [2.05, 4.69) is 21.4 Å². The lowest BCUT2D eigenvalue weighted by atomic mass is 10.1. The zero-order chi connectivity index (χ0) is 21.0. The van der Waals surface area contributed by atoms with Crippen LogP contribution in [0.1, 0.15) is 12.5 Å². The molecule has 2 aromatic rings. The molecule has 1 amide bonds. The topological polar surface area (TPSA) is 115 Å². The first-order valence-corrected chi connectivity index (χ1v) is 9.53. The number of fused-ring (bicyclic) bond motifs is 1. The monoisotopic (exact) mass is 398 g/mol. The van der Waals surface area contributed by atoms with Gasteiger partial charge in [0.25, 0.3) is 5.91 Å². The van der Waals surface area contributed by atoms with Gasteiger partial charge in [-0.1, -0.05) is 0 Å². The van der Waals surface area contributed by atoms with Crippen LogP contribution in [0.2, 0.25) is 0 Å². The lowest BCUT2D eigenvalue weighted by Gasteiger charge is -2.37. The molecule has 9 nitrogen and oxygen atoms in total. The maximum Gasteiger partial charge on any atom is 0.251 e. The second-order valence-electron chi connectivity index (χ2n) is 7.50. The number of aliphatic hydroxyl groups is 1. The Morgan fingerprint density at radius 2 is 2.10 bits per heavy atom. The number of aromatic nitrogens is 2. The third kappa shape index (κ3) is 4.98. The van der Waals surface area contributed by atoms with E-state index in [1.165, 1.54) is 0 Å². The number of ether oxygens (including phenoxy) is 1. The molecule has 1 aliphatic heterocycles. The third-order valence-corrected chi connectivity index (χ3v) is 4.71. The Hall–Kier alpha value is -2.80. The molecule has 1 fully saturated rings. The van der Waals surface area contributed by atoms with Gasteiger partial charge in [-0.3, -0.25) is 14.8 Å². The van der Waals surface area contributed by atoms with Crippen LogP contribution in [0.15, 0.2) is 24.5 Å². The van der Waals surface area contributed by atoms with Crippen molar-refractivity contribution in [1.82, 2.24) is 20.2 Å². The number of carbonyl (C=O) groups is 1. The van der Waals surface area contributed by atoms with E-state index in [1.807, 2.05) is 36.9 Å². The molecule has 1 aliphatic rings. The molecule has 1 saturated heterocycles. The number of nitrogens with zero attached hydrogens (tertiary/aromatic N) is 5. The summed E-state index contributed by atoms with van der Waals surface area (Å²) in [6.45, 7) is 3.47. The maximum absolute atomic E-state index is 12.6. The van der Waals surface area contributed by atoms with Crippen molar-refractivity contribution >= 4 is 22.6 Å². The molecule has 29 heavy (non-hydrogen) atoms. The molecular formula is C20H26N6O3. The molecule has 1 aromatic heterocycles.